The van der Waals surface area contributed by atoms with Crippen molar-refractivity contribution in [2.75, 3.05) is 19.0 Å². The van der Waals surface area contributed by atoms with Gasteiger partial charge in [-0.15, -0.1) is 0 Å². The molecule has 1 heteroatoms. The first-order valence-corrected chi connectivity index (χ1v) is 4.89. The lowest BCUT2D eigenvalue weighted by atomic mass is 10.1. The lowest BCUT2D eigenvalue weighted by Crippen LogP contribution is -2.10. The van der Waals surface area contributed by atoms with Gasteiger partial charge in [0.05, 0.1) is 5.69 Å². The third kappa shape index (κ3) is 2.81. The molecular weight excluding hydrogens is 170 g/mol. The van der Waals surface area contributed by atoms with E-state index in [0.717, 1.165) is 5.56 Å². The molecule has 0 N–H and O–H groups in total. The van der Waals surface area contributed by atoms with Gasteiger partial charge in [0.2, 0.25) is 0 Å². The molecule has 0 bridgehead atoms. The van der Waals surface area contributed by atoms with Gasteiger partial charge >= 0.3 is 0 Å². The van der Waals surface area contributed by atoms with E-state index in [2.05, 4.69) is 42.7 Å². The number of hydrogen-bond donors (Lipinski definition) is 0. The third-order valence-electron chi connectivity index (χ3n) is 1.88. The monoisotopic (exact) mass is 187 g/mol. The van der Waals surface area contributed by atoms with Crippen LogP contribution < -0.4 is 4.90 Å². The zero-order valence-corrected chi connectivity index (χ0v) is 9.33. The maximum atomic E-state index is 3.20. The summed E-state index contributed by atoms with van der Waals surface area (Å²) in [5.74, 6) is 6.80. The number of hydrogen-bond acceptors (Lipinski definition) is 1. The minimum Gasteiger partial charge on any atom is -0.377 e. The molecule has 0 radical (unpaired) electrons. The molecule has 14 heavy (non-hydrogen) atoms. The van der Waals surface area contributed by atoms with Gasteiger partial charge in [-0.05, 0) is 12.1 Å². The summed E-state index contributed by atoms with van der Waals surface area (Å²) in [4.78, 5) is 2.09. The average molecular weight is 187 g/mol. The molecule has 0 aliphatic heterocycles. The Hall–Kier alpha value is -1.42. The van der Waals surface area contributed by atoms with Crippen LogP contribution in [0, 0.1) is 17.8 Å². The Balaban J connectivity index is 3.04. The highest BCUT2D eigenvalue weighted by Crippen LogP contribution is 2.16. The van der Waals surface area contributed by atoms with Gasteiger partial charge in [0.15, 0.2) is 0 Å². The van der Waals surface area contributed by atoms with Crippen LogP contribution in [0.5, 0.6) is 0 Å². The first-order chi connectivity index (χ1) is 6.61. The summed E-state index contributed by atoms with van der Waals surface area (Å²) in [7, 11) is 4.08. The van der Waals surface area contributed by atoms with Crippen LogP contribution in [0.2, 0.25) is 0 Å². The molecule has 1 rings (SSSR count). The molecule has 1 aromatic carbocycles. The SMILES string of the molecule is CC(C)C#Cc1ccccc1N(C)C. The fraction of sp³-hybridized carbons (Fsp3) is 0.385. The summed E-state index contributed by atoms with van der Waals surface area (Å²) in [6.07, 6.45) is 0. The number of rotatable bonds is 1. The van der Waals surface area contributed by atoms with E-state index in [0.29, 0.717) is 5.92 Å². The molecule has 0 heterocycles. The molecule has 74 valence electrons. The van der Waals surface area contributed by atoms with Crippen molar-refractivity contribution >= 4 is 5.69 Å². The molecule has 0 aliphatic carbocycles. The van der Waals surface area contributed by atoms with E-state index in [1.165, 1.54) is 5.69 Å². The van der Waals surface area contributed by atoms with Crippen LogP contribution in [0.4, 0.5) is 5.69 Å². The highest BCUT2D eigenvalue weighted by molar-refractivity contribution is 5.59. The maximum Gasteiger partial charge on any atom is 0.0520 e. The standard InChI is InChI=1S/C13H17N/c1-11(2)9-10-12-7-5-6-8-13(12)14(3)4/h5-8,11H,1-4H3. The van der Waals surface area contributed by atoms with Crippen molar-refractivity contribution in [3.63, 3.8) is 0 Å². The summed E-state index contributed by atoms with van der Waals surface area (Å²) >= 11 is 0. The lowest BCUT2D eigenvalue weighted by molar-refractivity contribution is 0.866. The highest BCUT2D eigenvalue weighted by atomic mass is 15.1. The van der Waals surface area contributed by atoms with Gasteiger partial charge in [-0.2, -0.15) is 0 Å². The molecule has 0 unspecified atom stereocenters. The van der Waals surface area contributed by atoms with Crippen molar-refractivity contribution in [1.29, 1.82) is 0 Å². The van der Waals surface area contributed by atoms with Gasteiger partial charge in [-0.1, -0.05) is 37.8 Å². The Morgan fingerprint density at radius 3 is 2.36 bits per heavy atom. The fourth-order valence-corrected chi connectivity index (χ4v) is 1.19. The van der Waals surface area contributed by atoms with E-state index in [9.17, 15) is 0 Å². The average Bonchev–Trinajstić information content (AvgIpc) is 2.15. The van der Waals surface area contributed by atoms with Crippen LogP contribution >= 0.6 is 0 Å². The minimum atomic E-state index is 0.421. The molecule has 1 nitrogen and oxygen atoms in total. The second-order valence-corrected chi connectivity index (χ2v) is 3.84. The topological polar surface area (TPSA) is 3.24 Å². The second-order valence-electron chi connectivity index (χ2n) is 3.84. The lowest BCUT2D eigenvalue weighted by Gasteiger charge is -2.13. The zero-order chi connectivity index (χ0) is 10.6. The van der Waals surface area contributed by atoms with E-state index in [-0.39, 0.29) is 0 Å². The second kappa shape index (κ2) is 4.72. The predicted molar refractivity (Wildman–Crippen MR) is 62.5 cm³/mol. The van der Waals surface area contributed by atoms with Gasteiger partial charge in [0.1, 0.15) is 0 Å². The Kier molecular flexibility index (Phi) is 3.59. The predicted octanol–water partition coefficient (Wildman–Crippen LogP) is 2.76. The van der Waals surface area contributed by atoms with Crippen molar-refractivity contribution in [1.82, 2.24) is 0 Å². The number of benzene rings is 1. The van der Waals surface area contributed by atoms with Crippen LogP contribution in [0.1, 0.15) is 19.4 Å². The molecular formula is C13H17N. The fourth-order valence-electron chi connectivity index (χ4n) is 1.19. The smallest absolute Gasteiger partial charge is 0.0520 e. The summed E-state index contributed by atoms with van der Waals surface area (Å²) < 4.78 is 0. The Bertz CT molecular complexity index is 353. The van der Waals surface area contributed by atoms with Crippen LogP contribution in [0.3, 0.4) is 0 Å². The Morgan fingerprint density at radius 1 is 1.14 bits per heavy atom. The molecule has 0 aliphatic rings. The van der Waals surface area contributed by atoms with Crippen molar-refractivity contribution < 1.29 is 0 Å². The van der Waals surface area contributed by atoms with Crippen LogP contribution in [0.25, 0.3) is 0 Å². The van der Waals surface area contributed by atoms with E-state index in [1.807, 2.05) is 26.2 Å². The summed E-state index contributed by atoms with van der Waals surface area (Å²) in [6, 6.07) is 8.21. The minimum absolute atomic E-state index is 0.421. The molecule has 0 spiro atoms. The van der Waals surface area contributed by atoms with E-state index < -0.39 is 0 Å². The Morgan fingerprint density at radius 2 is 1.79 bits per heavy atom. The van der Waals surface area contributed by atoms with Crippen LogP contribution in [0.15, 0.2) is 24.3 Å². The number of anilines is 1. The molecule has 1 aromatic rings. The number of nitrogens with zero attached hydrogens (tertiary/aromatic N) is 1. The first kappa shape index (κ1) is 10.7. The van der Waals surface area contributed by atoms with E-state index in [1.54, 1.807) is 0 Å². The van der Waals surface area contributed by atoms with Crippen molar-refractivity contribution in [3.8, 4) is 11.8 Å². The normalized spacial score (nSPS) is 9.50. The molecule has 0 aromatic heterocycles. The van der Waals surface area contributed by atoms with Crippen LogP contribution in [-0.2, 0) is 0 Å². The third-order valence-corrected chi connectivity index (χ3v) is 1.88. The first-order valence-electron chi connectivity index (χ1n) is 4.89. The van der Waals surface area contributed by atoms with Gasteiger partial charge in [0, 0.05) is 25.6 Å². The summed E-state index contributed by atoms with van der Waals surface area (Å²) in [5, 5.41) is 0. The molecule has 0 saturated heterocycles. The zero-order valence-electron chi connectivity index (χ0n) is 9.33. The van der Waals surface area contributed by atoms with Gasteiger partial charge in [-0.3, -0.25) is 0 Å². The van der Waals surface area contributed by atoms with Gasteiger partial charge in [-0.25, -0.2) is 0 Å². The molecule has 0 atom stereocenters. The molecule has 0 amide bonds. The highest BCUT2D eigenvalue weighted by Gasteiger charge is 1.99. The molecule has 0 fully saturated rings. The maximum absolute atomic E-state index is 3.20. The van der Waals surface area contributed by atoms with Crippen molar-refractivity contribution in [2.24, 2.45) is 5.92 Å². The van der Waals surface area contributed by atoms with Crippen molar-refractivity contribution in [3.05, 3.63) is 29.8 Å². The summed E-state index contributed by atoms with van der Waals surface area (Å²) in [6.45, 7) is 4.20. The number of para-hydroxylation sites is 1. The van der Waals surface area contributed by atoms with E-state index >= 15 is 0 Å². The van der Waals surface area contributed by atoms with Crippen molar-refractivity contribution in [2.45, 2.75) is 13.8 Å². The molecule has 0 saturated carbocycles. The Labute approximate surface area is 86.7 Å². The van der Waals surface area contributed by atoms with Gasteiger partial charge in [0.25, 0.3) is 0 Å². The summed E-state index contributed by atoms with van der Waals surface area (Å²) in [5.41, 5.74) is 2.28. The largest absolute Gasteiger partial charge is 0.377 e. The van der Waals surface area contributed by atoms with Crippen LogP contribution in [-0.4, -0.2) is 14.1 Å². The van der Waals surface area contributed by atoms with E-state index in [4.69, 9.17) is 0 Å². The quantitative estimate of drug-likeness (QED) is 0.611. The van der Waals surface area contributed by atoms with Gasteiger partial charge < -0.3 is 4.90 Å².